The molecule has 0 aliphatic rings. The molecule has 0 amide bonds. The number of benzene rings is 8. The maximum atomic E-state index is 12.1. The van der Waals surface area contributed by atoms with Crippen molar-refractivity contribution >= 4 is 166 Å². The molecule has 92 heavy (non-hydrogen) atoms. The molecule has 0 fully saturated rings. The molecule has 8 rings (SSSR count). The number of hydrogen-bond acceptors (Lipinski definition) is 38. The molecule has 0 unspecified atom stereocenters. The lowest BCUT2D eigenvalue weighted by atomic mass is 10.1. The first-order chi connectivity index (χ1) is 43.5. The number of azo groups is 4. The number of fused-ring (bicyclic) bond motifs is 3. The number of nitrogens with zero attached hydrogens (tertiary/aromatic N) is 8. The monoisotopic (exact) mass is 1440 g/mol. The fourth-order valence-corrected chi connectivity index (χ4v) is 13.0. The second-order valence-electron chi connectivity index (χ2n) is 17.1. The summed E-state index contributed by atoms with van der Waals surface area (Å²) >= 11 is 1.42. The lowest BCUT2D eigenvalue weighted by Gasteiger charge is -2.14. The van der Waals surface area contributed by atoms with Crippen molar-refractivity contribution in [1.29, 1.82) is 0 Å². The van der Waals surface area contributed by atoms with Gasteiger partial charge < -0.3 is 30.5 Å². The maximum absolute atomic E-state index is 12.1. The lowest BCUT2D eigenvalue weighted by molar-refractivity contribution is -0.432. The molecule has 0 atom stereocenters. The zero-order valence-corrected chi connectivity index (χ0v) is 52.3. The van der Waals surface area contributed by atoms with Gasteiger partial charge in [-0.2, -0.15) is 43.9 Å². The van der Waals surface area contributed by atoms with E-state index in [4.69, 9.17) is 36.2 Å². The van der Waals surface area contributed by atoms with Crippen LogP contribution in [0.2, 0.25) is 0 Å². The molecule has 8 aromatic rings. The van der Waals surface area contributed by atoms with Crippen molar-refractivity contribution in [3.05, 3.63) is 90.5 Å². The van der Waals surface area contributed by atoms with E-state index >= 15 is 0 Å². The number of methoxy groups -OCH3 is 2. The number of aryl methyl sites for hydroxylation is 1. The Balaban J connectivity index is 0.000000299. The van der Waals surface area contributed by atoms with Gasteiger partial charge in [-0.05, 0) is 84.6 Å². The molecule has 0 aliphatic carbocycles. The first-order valence-corrected chi connectivity index (χ1v) is 32.3. The molecular formula is C46H39N9O29S8. The van der Waals surface area contributed by atoms with Crippen LogP contribution in [0.15, 0.2) is 165 Å². The van der Waals surface area contributed by atoms with Crippen molar-refractivity contribution in [2.75, 3.05) is 27.0 Å². The Kier molecular flexibility index (Phi) is 23.7. The van der Waals surface area contributed by atoms with Crippen molar-refractivity contribution in [3.8, 4) is 28.7 Å². The molecule has 490 valence electrons. The van der Waals surface area contributed by atoms with Gasteiger partial charge in [0, 0.05) is 34.7 Å². The average Bonchev–Trinajstić information content (AvgIpc) is 0.762. The molecule has 0 bridgehead atoms. The SMILES string of the molecule is CN=Nc1c(S(=O)(=O)O)cc2cc(SOOO)c(N=Nc3ccc4c(O)c(N=Nc5ccc(OC)cc5S(=O)(=O)O)c(SOOO)cc4c3SOOO)c(N)c2c1O.COc1ccc(N=Nc2c(S(=O)(=O)O)cc3c(S(=O)(=O)O)c(C)ccc3c2O)c(SOOO)c1. The number of phenols is 3. The highest BCUT2D eigenvalue weighted by atomic mass is 32.2. The minimum Gasteiger partial charge on any atom is -0.505 e. The highest BCUT2D eigenvalue weighted by Gasteiger charge is 2.29. The minimum absolute atomic E-state index is 0.0249. The molecule has 38 nitrogen and oxygen atoms in total. The second-order valence-corrected chi connectivity index (χ2v) is 25.6. The summed E-state index contributed by atoms with van der Waals surface area (Å²) in [6.07, 6.45) is 0. The van der Waals surface area contributed by atoms with Crippen molar-refractivity contribution in [2.24, 2.45) is 40.9 Å². The van der Waals surface area contributed by atoms with Gasteiger partial charge in [-0.25, -0.2) is 21.0 Å². The van der Waals surface area contributed by atoms with Crippen LogP contribution >= 0.6 is 48.2 Å². The summed E-state index contributed by atoms with van der Waals surface area (Å²) in [4.78, 5) is -3.29. The third-order valence-electron chi connectivity index (χ3n) is 11.9. The van der Waals surface area contributed by atoms with Gasteiger partial charge in [-0.1, -0.05) is 32.3 Å². The van der Waals surface area contributed by atoms with E-state index in [0.717, 1.165) is 24.3 Å². The van der Waals surface area contributed by atoms with Crippen LogP contribution in [0.25, 0.3) is 32.3 Å². The summed E-state index contributed by atoms with van der Waals surface area (Å²) in [5, 5.41) is 113. The number of hydrogen-bond donors (Lipinski definition) is 12. The van der Waals surface area contributed by atoms with Crippen molar-refractivity contribution < 1.29 is 135 Å². The van der Waals surface area contributed by atoms with Crippen LogP contribution in [0.1, 0.15) is 5.56 Å². The van der Waals surface area contributed by atoms with E-state index in [1.54, 1.807) is 0 Å². The second kappa shape index (κ2) is 30.4. The molecule has 0 radical (unpaired) electrons. The van der Waals surface area contributed by atoms with Crippen molar-refractivity contribution in [2.45, 2.75) is 46.1 Å². The van der Waals surface area contributed by atoms with Crippen LogP contribution in [0, 0.1) is 6.92 Å². The predicted molar refractivity (Wildman–Crippen MR) is 317 cm³/mol. The number of anilines is 1. The third-order valence-corrected chi connectivity index (χ3v) is 18.1. The molecule has 0 spiro atoms. The van der Waals surface area contributed by atoms with Gasteiger partial charge in [0.15, 0.2) is 17.2 Å². The Morgan fingerprint density at radius 1 is 0.435 bits per heavy atom. The normalized spacial score (nSPS) is 12.6. The fourth-order valence-electron chi connectivity index (χ4n) is 8.11. The number of nitrogen functional groups attached to an aromatic ring is 1. The van der Waals surface area contributed by atoms with Gasteiger partial charge in [0.1, 0.15) is 70.9 Å². The van der Waals surface area contributed by atoms with Gasteiger partial charge >= 0.3 is 0 Å². The van der Waals surface area contributed by atoms with Gasteiger partial charge in [-0.15, -0.1) is 48.0 Å². The predicted octanol–water partition coefficient (Wildman–Crippen LogP) is 12.5. The topological polar surface area (TPSA) is 576 Å². The van der Waals surface area contributed by atoms with Gasteiger partial charge in [0.2, 0.25) is 0 Å². The first kappa shape index (κ1) is 71.7. The van der Waals surface area contributed by atoms with E-state index in [0.29, 0.717) is 41.9 Å². The molecule has 0 saturated heterocycles. The molecular weight excluding hydrogens is 1400 g/mol. The van der Waals surface area contributed by atoms with Crippen molar-refractivity contribution in [1.82, 2.24) is 0 Å². The number of nitrogens with two attached hydrogens (primary N) is 1. The molecule has 46 heteroatoms. The Morgan fingerprint density at radius 2 is 0.902 bits per heavy atom. The van der Waals surface area contributed by atoms with E-state index in [1.165, 1.54) is 88.9 Å². The molecule has 0 heterocycles. The molecule has 0 saturated carbocycles. The summed E-state index contributed by atoms with van der Waals surface area (Å²) in [7, 11) is -15.9. The Labute approximate surface area is 531 Å². The van der Waals surface area contributed by atoms with E-state index in [-0.39, 0.29) is 109 Å². The summed E-state index contributed by atoms with van der Waals surface area (Å²) < 4.78 is 163. The lowest BCUT2D eigenvalue weighted by Crippen LogP contribution is -2.04. The number of aromatic hydroxyl groups is 3. The zero-order valence-electron chi connectivity index (χ0n) is 45.8. The first-order valence-electron chi connectivity index (χ1n) is 23.6. The number of ether oxygens (including phenoxy) is 2. The molecule has 0 aliphatic heterocycles. The highest BCUT2D eigenvalue weighted by Crippen LogP contribution is 2.52. The van der Waals surface area contributed by atoms with E-state index in [2.05, 4.69) is 78.4 Å². The zero-order chi connectivity index (χ0) is 67.6. The van der Waals surface area contributed by atoms with Crippen LogP contribution in [0.4, 0.5) is 45.5 Å². The fraction of sp³-hybridized carbons (Fsp3) is 0.0870. The Hall–Kier alpha value is -7.70. The van der Waals surface area contributed by atoms with Gasteiger partial charge in [-0.3, -0.25) is 18.2 Å². The molecule has 13 N–H and O–H groups in total. The van der Waals surface area contributed by atoms with Crippen LogP contribution in [-0.2, 0) is 78.0 Å². The summed E-state index contributed by atoms with van der Waals surface area (Å²) in [6.45, 7) is 1.35. The molecule has 0 aromatic heterocycles. The van der Waals surface area contributed by atoms with E-state index < -0.39 is 88.7 Å². The summed E-state index contributed by atoms with van der Waals surface area (Å²) in [6, 6.07) is 17.0. The van der Waals surface area contributed by atoms with Crippen molar-refractivity contribution in [3.63, 3.8) is 0 Å². The largest absolute Gasteiger partial charge is 0.505 e. The number of rotatable bonds is 25. The molecule has 8 aromatic carbocycles. The van der Waals surface area contributed by atoms with Crippen LogP contribution in [0.3, 0.4) is 0 Å². The smallest absolute Gasteiger partial charge is 0.296 e. The van der Waals surface area contributed by atoms with Gasteiger partial charge in [0.25, 0.3) is 40.5 Å². The Morgan fingerprint density at radius 3 is 1.48 bits per heavy atom. The average molecular weight is 1440 g/mol. The highest BCUT2D eigenvalue weighted by molar-refractivity contribution is 7.95. The van der Waals surface area contributed by atoms with E-state index in [1.807, 2.05) is 0 Å². The van der Waals surface area contributed by atoms with E-state index in [9.17, 15) is 67.2 Å². The minimum atomic E-state index is -5.06. The summed E-state index contributed by atoms with van der Waals surface area (Å²) in [5.41, 5.74) is 3.62. The Bertz CT molecular complexity index is 4780. The van der Waals surface area contributed by atoms with Gasteiger partial charge in [0.05, 0.1) is 93.0 Å². The maximum Gasteiger partial charge on any atom is 0.296 e. The standard InChI is InChI=1S/C28H23N7O18S5.C18H16N2O11S3/c1-30-33-25-20(58(44,45)46)8-11-7-17(54-51-48-38)23(22(29)21(11)27(25)37)34-32-16-6-4-13-14(28(16)56-53-50-40)10-18(55-52-49-39)24(26(13)36)35-31-15-5-3-12(47-2)9-19(15)57(41,42)43;1-9-3-5-11-12(18(9)34(26,27)28)8-15(33(23,24)25)16(17(11)21)20-19-13-6-4-10(29-2)7-14(13)32-31-30-22/h3-10,36-40H,29H2,1-2H3,(H,41,42,43)(H,44,45,46);3-8,21-22H,1-2H3,(H,23,24,25)(H,26,27,28). The van der Waals surface area contributed by atoms with Crippen LogP contribution in [-0.4, -0.2) is 109 Å². The summed E-state index contributed by atoms with van der Waals surface area (Å²) in [5.74, 6) is -1.87. The van der Waals surface area contributed by atoms with Crippen LogP contribution < -0.4 is 15.2 Å². The van der Waals surface area contributed by atoms with Crippen LogP contribution in [0.5, 0.6) is 28.7 Å². The quantitative estimate of drug-likeness (QED) is 0.00631. The number of phenolic OH excluding ortho intramolecular Hbond substituents is 3. The third kappa shape index (κ3) is 16.4.